The van der Waals surface area contributed by atoms with E-state index in [-0.39, 0.29) is 5.56 Å². The fraction of sp³-hybridized carbons (Fsp3) is 0.100. The molecule has 3 rings (SSSR count). The highest BCUT2D eigenvalue weighted by Crippen LogP contribution is 2.31. The van der Waals surface area contributed by atoms with Gasteiger partial charge in [-0.1, -0.05) is 36.4 Å². The molecule has 0 aliphatic carbocycles. The molecule has 0 radical (unpaired) electrons. The zero-order chi connectivity index (χ0) is 19.3. The molecule has 0 spiro atoms. The van der Waals surface area contributed by atoms with Crippen LogP contribution in [0.5, 0.6) is 11.6 Å². The maximum absolute atomic E-state index is 12.5. The smallest absolute Gasteiger partial charge is 0.473 e. The molecule has 0 fully saturated rings. The van der Waals surface area contributed by atoms with Crippen LogP contribution in [0.15, 0.2) is 66.9 Å². The summed E-state index contributed by atoms with van der Waals surface area (Å²) in [5.74, 6) is -0.168. The van der Waals surface area contributed by atoms with Crippen LogP contribution in [-0.2, 0) is 6.61 Å². The van der Waals surface area contributed by atoms with Gasteiger partial charge in [-0.2, -0.15) is 0 Å². The molecule has 2 aromatic carbocycles. The van der Waals surface area contributed by atoms with Gasteiger partial charge in [0, 0.05) is 17.8 Å². The Morgan fingerprint density at radius 2 is 1.70 bits per heavy atom. The van der Waals surface area contributed by atoms with E-state index in [4.69, 9.17) is 4.74 Å². The number of ether oxygens (including phenoxy) is 2. The standard InChI is InChI=1S/C20H14F3NO3/c21-20(22,23)27-18-10-15(6-7-17(18)12-25)16-8-9-19(24-11-16)26-13-14-4-2-1-3-5-14/h1-12H,13H2. The summed E-state index contributed by atoms with van der Waals surface area (Å²) in [6.45, 7) is 0.352. The van der Waals surface area contributed by atoms with Gasteiger partial charge in [-0.3, -0.25) is 4.79 Å². The predicted octanol–water partition coefficient (Wildman–Crippen LogP) is 5.04. The van der Waals surface area contributed by atoms with Crippen molar-refractivity contribution in [2.24, 2.45) is 0 Å². The lowest BCUT2D eigenvalue weighted by Gasteiger charge is -2.12. The van der Waals surface area contributed by atoms with Crippen LogP contribution < -0.4 is 9.47 Å². The van der Waals surface area contributed by atoms with Crippen molar-refractivity contribution in [1.82, 2.24) is 4.98 Å². The van der Waals surface area contributed by atoms with E-state index in [0.29, 0.717) is 29.9 Å². The summed E-state index contributed by atoms with van der Waals surface area (Å²) in [6, 6.07) is 16.8. The van der Waals surface area contributed by atoms with Gasteiger partial charge >= 0.3 is 6.36 Å². The molecule has 1 aromatic heterocycles. The minimum atomic E-state index is -4.89. The average Bonchev–Trinajstić information content (AvgIpc) is 2.66. The summed E-state index contributed by atoms with van der Waals surface area (Å²) in [6.07, 6.45) is -3.10. The molecule has 0 saturated carbocycles. The molecule has 0 aliphatic rings. The lowest BCUT2D eigenvalue weighted by atomic mass is 10.1. The number of aldehydes is 1. The minimum absolute atomic E-state index is 0.188. The Balaban J connectivity index is 1.76. The number of pyridine rings is 1. The van der Waals surface area contributed by atoms with Gasteiger partial charge in [0.05, 0.1) is 5.56 Å². The molecule has 0 amide bonds. The highest BCUT2D eigenvalue weighted by Gasteiger charge is 2.32. The largest absolute Gasteiger partial charge is 0.573 e. The highest BCUT2D eigenvalue weighted by molar-refractivity contribution is 5.81. The molecule has 0 N–H and O–H groups in total. The summed E-state index contributed by atoms with van der Waals surface area (Å²) in [4.78, 5) is 15.1. The van der Waals surface area contributed by atoms with E-state index in [9.17, 15) is 18.0 Å². The topological polar surface area (TPSA) is 48.4 Å². The Bertz CT molecular complexity index is 910. The number of aromatic nitrogens is 1. The van der Waals surface area contributed by atoms with Crippen molar-refractivity contribution >= 4 is 6.29 Å². The van der Waals surface area contributed by atoms with Gasteiger partial charge < -0.3 is 9.47 Å². The van der Waals surface area contributed by atoms with E-state index in [1.807, 2.05) is 30.3 Å². The van der Waals surface area contributed by atoms with E-state index in [2.05, 4.69) is 9.72 Å². The van der Waals surface area contributed by atoms with Crippen LogP contribution in [0, 0.1) is 0 Å². The summed E-state index contributed by atoms with van der Waals surface area (Å²) in [5.41, 5.74) is 1.79. The van der Waals surface area contributed by atoms with Crippen molar-refractivity contribution in [1.29, 1.82) is 0 Å². The number of carbonyl (C=O) groups excluding carboxylic acids is 1. The number of rotatable bonds is 6. The molecule has 1 heterocycles. The Kier molecular flexibility index (Phi) is 5.40. The van der Waals surface area contributed by atoms with E-state index < -0.39 is 12.1 Å². The number of hydrogen-bond acceptors (Lipinski definition) is 4. The van der Waals surface area contributed by atoms with Crippen molar-refractivity contribution in [3.63, 3.8) is 0 Å². The SMILES string of the molecule is O=Cc1ccc(-c2ccc(OCc3ccccc3)nc2)cc1OC(F)(F)F. The Morgan fingerprint density at radius 1 is 0.963 bits per heavy atom. The summed E-state index contributed by atoms with van der Waals surface area (Å²) in [5, 5.41) is 0. The molecule has 27 heavy (non-hydrogen) atoms. The maximum atomic E-state index is 12.5. The molecular weight excluding hydrogens is 359 g/mol. The third-order valence-electron chi connectivity index (χ3n) is 3.67. The first-order chi connectivity index (χ1) is 12.9. The highest BCUT2D eigenvalue weighted by atomic mass is 19.4. The number of halogens is 3. The van der Waals surface area contributed by atoms with Crippen LogP contribution in [0.3, 0.4) is 0 Å². The van der Waals surface area contributed by atoms with Gasteiger partial charge in [-0.15, -0.1) is 13.2 Å². The first kappa shape index (κ1) is 18.4. The second-order valence-corrected chi connectivity index (χ2v) is 5.58. The quantitative estimate of drug-likeness (QED) is 0.568. The number of carbonyl (C=O) groups is 1. The molecule has 0 atom stereocenters. The third-order valence-corrected chi connectivity index (χ3v) is 3.67. The summed E-state index contributed by atoms with van der Waals surface area (Å²) in [7, 11) is 0. The normalized spacial score (nSPS) is 11.1. The zero-order valence-corrected chi connectivity index (χ0v) is 13.9. The van der Waals surface area contributed by atoms with Crippen LogP contribution in [0.25, 0.3) is 11.1 Å². The zero-order valence-electron chi connectivity index (χ0n) is 13.9. The van der Waals surface area contributed by atoms with E-state index >= 15 is 0 Å². The number of hydrogen-bond donors (Lipinski definition) is 0. The van der Waals surface area contributed by atoms with Crippen molar-refractivity contribution in [2.75, 3.05) is 0 Å². The van der Waals surface area contributed by atoms with Gasteiger partial charge in [-0.05, 0) is 29.3 Å². The average molecular weight is 373 g/mol. The lowest BCUT2D eigenvalue weighted by molar-refractivity contribution is -0.274. The fourth-order valence-corrected chi connectivity index (χ4v) is 2.39. The molecule has 0 unspecified atom stereocenters. The molecule has 138 valence electrons. The number of nitrogens with zero attached hydrogens (tertiary/aromatic N) is 1. The van der Waals surface area contributed by atoms with Crippen LogP contribution in [-0.4, -0.2) is 17.6 Å². The molecule has 0 bridgehead atoms. The van der Waals surface area contributed by atoms with Crippen molar-refractivity contribution < 1.29 is 27.4 Å². The van der Waals surface area contributed by atoms with Crippen LogP contribution in [0.1, 0.15) is 15.9 Å². The number of benzene rings is 2. The lowest BCUT2D eigenvalue weighted by Crippen LogP contribution is -2.18. The molecule has 7 heteroatoms. The van der Waals surface area contributed by atoms with E-state index in [0.717, 1.165) is 11.6 Å². The second-order valence-electron chi connectivity index (χ2n) is 5.58. The van der Waals surface area contributed by atoms with Gasteiger partial charge in [0.25, 0.3) is 0 Å². The van der Waals surface area contributed by atoms with Crippen LogP contribution in [0.4, 0.5) is 13.2 Å². The van der Waals surface area contributed by atoms with E-state index in [1.54, 1.807) is 12.1 Å². The first-order valence-corrected chi connectivity index (χ1v) is 7.93. The molecule has 0 aliphatic heterocycles. The van der Waals surface area contributed by atoms with Crippen LogP contribution in [0.2, 0.25) is 0 Å². The summed E-state index contributed by atoms with van der Waals surface area (Å²) < 4.78 is 47.0. The Labute approximate surface area is 153 Å². The van der Waals surface area contributed by atoms with Crippen molar-refractivity contribution in [3.8, 4) is 22.8 Å². The molecule has 4 nitrogen and oxygen atoms in total. The Morgan fingerprint density at radius 3 is 2.33 bits per heavy atom. The van der Waals surface area contributed by atoms with Crippen molar-refractivity contribution in [2.45, 2.75) is 13.0 Å². The van der Waals surface area contributed by atoms with Gasteiger partial charge in [0.2, 0.25) is 5.88 Å². The third kappa shape index (κ3) is 5.07. The van der Waals surface area contributed by atoms with Gasteiger partial charge in [0.1, 0.15) is 12.4 Å². The predicted molar refractivity (Wildman–Crippen MR) is 92.5 cm³/mol. The molecular formula is C20H14F3NO3. The van der Waals surface area contributed by atoms with Gasteiger partial charge in [-0.25, -0.2) is 4.98 Å². The fourth-order valence-electron chi connectivity index (χ4n) is 2.39. The van der Waals surface area contributed by atoms with E-state index in [1.165, 1.54) is 18.3 Å². The molecule has 3 aromatic rings. The molecule has 0 saturated heterocycles. The maximum Gasteiger partial charge on any atom is 0.573 e. The van der Waals surface area contributed by atoms with Gasteiger partial charge in [0.15, 0.2) is 6.29 Å². The second kappa shape index (κ2) is 7.90. The monoisotopic (exact) mass is 373 g/mol. The first-order valence-electron chi connectivity index (χ1n) is 7.93. The summed E-state index contributed by atoms with van der Waals surface area (Å²) >= 11 is 0. The Hall–Kier alpha value is -3.35. The minimum Gasteiger partial charge on any atom is -0.473 e. The van der Waals surface area contributed by atoms with Crippen molar-refractivity contribution in [3.05, 3.63) is 78.0 Å². The number of alkyl halides is 3. The van der Waals surface area contributed by atoms with Crippen LogP contribution >= 0.6 is 0 Å².